The molecule has 0 saturated heterocycles. The van der Waals surface area contributed by atoms with Crippen LogP contribution in [0.5, 0.6) is 0 Å². The van der Waals surface area contributed by atoms with Crippen molar-refractivity contribution in [3.63, 3.8) is 0 Å². The van der Waals surface area contributed by atoms with Gasteiger partial charge in [-0.05, 0) is 18.6 Å². The first-order valence-electron chi connectivity index (χ1n) is 3.50. The molecule has 0 unspecified atom stereocenters. The summed E-state index contributed by atoms with van der Waals surface area (Å²) in [6, 6.07) is 0. The van der Waals surface area contributed by atoms with Crippen LogP contribution in [0, 0.1) is 0 Å². The molecular weight excluding hydrogens is 128 g/mol. The van der Waals surface area contributed by atoms with Gasteiger partial charge < -0.3 is 10.2 Å². The third kappa shape index (κ3) is 5.22. The number of aliphatic hydroxyl groups is 2. The molecule has 0 spiro atoms. The highest BCUT2D eigenvalue weighted by Crippen LogP contribution is 2.02. The molecule has 0 rings (SSSR count). The zero-order valence-corrected chi connectivity index (χ0v) is 6.25. The Labute approximate surface area is 61.5 Å². The van der Waals surface area contributed by atoms with E-state index in [0.717, 1.165) is 19.1 Å². The second-order valence-electron chi connectivity index (χ2n) is 2.10. The predicted octanol–water partition coefficient (Wildman–Crippen LogP) is 2.69. The van der Waals surface area contributed by atoms with Crippen LogP contribution in [0.15, 0.2) is 24.2 Å². The molecule has 0 aromatic heterocycles. The van der Waals surface area contributed by atoms with E-state index in [0.29, 0.717) is 12.2 Å². The number of hydrogen-bond donors (Lipinski definition) is 2. The molecule has 0 bridgehead atoms. The molecule has 0 aliphatic heterocycles. The van der Waals surface area contributed by atoms with Gasteiger partial charge in [-0.1, -0.05) is 13.3 Å². The number of hydrogen-bond acceptors (Lipinski definition) is 2. The van der Waals surface area contributed by atoms with Crippen molar-refractivity contribution in [3.05, 3.63) is 24.2 Å². The molecule has 0 aliphatic carbocycles. The average molecular weight is 142 g/mol. The topological polar surface area (TPSA) is 40.5 Å². The van der Waals surface area contributed by atoms with Crippen LogP contribution in [0.1, 0.15) is 26.2 Å². The Hall–Kier alpha value is -0.920. The molecule has 10 heavy (non-hydrogen) atoms. The fraction of sp³-hybridized carbons (Fsp3) is 0.500. The van der Waals surface area contributed by atoms with Crippen molar-refractivity contribution in [2.24, 2.45) is 0 Å². The zero-order valence-electron chi connectivity index (χ0n) is 6.25. The molecule has 0 aliphatic rings. The predicted molar refractivity (Wildman–Crippen MR) is 42.0 cm³/mol. The fourth-order valence-electron chi connectivity index (χ4n) is 0.595. The summed E-state index contributed by atoms with van der Waals surface area (Å²) in [7, 11) is 0. The molecule has 0 atom stereocenters. The maximum atomic E-state index is 9.01. The Morgan fingerprint density at radius 1 is 1.50 bits per heavy atom. The van der Waals surface area contributed by atoms with Crippen molar-refractivity contribution >= 4 is 0 Å². The van der Waals surface area contributed by atoms with E-state index < -0.39 is 0 Å². The van der Waals surface area contributed by atoms with Gasteiger partial charge in [-0.25, -0.2) is 0 Å². The van der Waals surface area contributed by atoms with Gasteiger partial charge in [-0.3, -0.25) is 0 Å². The van der Waals surface area contributed by atoms with Gasteiger partial charge in [0.25, 0.3) is 0 Å². The summed E-state index contributed by atoms with van der Waals surface area (Å²) in [6.45, 7) is 2.06. The van der Waals surface area contributed by atoms with Crippen molar-refractivity contribution in [1.29, 1.82) is 0 Å². The molecule has 0 heterocycles. The van der Waals surface area contributed by atoms with Crippen molar-refractivity contribution < 1.29 is 10.2 Å². The molecule has 58 valence electrons. The lowest BCUT2D eigenvalue weighted by molar-refractivity contribution is 0.383. The Bertz CT molecular complexity index is 125. The van der Waals surface area contributed by atoms with E-state index in [1.165, 1.54) is 12.2 Å². The lowest BCUT2D eigenvalue weighted by Gasteiger charge is -1.94. The fourth-order valence-corrected chi connectivity index (χ4v) is 0.595. The normalized spacial score (nSPS) is 12.7. The molecule has 0 fully saturated rings. The highest BCUT2D eigenvalue weighted by atomic mass is 16.3. The lowest BCUT2D eigenvalue weighted by Crippen LogP contribution is -1.79. The second kappa shape index (κ2) is 6.20. The van der Waals surface area contributed by atoms with Gasteiger partial charge in [0, 0.05) is 6.42 Å². The summed E-state index contributed by atoms with van der Waals surface area (Å²) in [6.07, 6.45) is 6.56. The highest BCUT2D eigenvalue weighted by Gasteiger charge is 1.88. The van der Waals surface area contributed by atoms with Crippen LogP contribution < -0.4 is 0 Å². The van der Waals surface area contributed by atoms with E-state index in [1.807, 2.05) is 0 Å². The van der Waals surface area contributed by atoms with E-state index in [-0.39, 0.29) is 0 Å². The first kappa shape index (κ1) is 9.08. The molecule has 0 saturated carbocycles. The molecule has 2 N–H and O–H groups in total. The van der Waals surface area contributed by atoms with E-state index >= 15 is 0 Å². The number of unbranched alkanes of at least 4 members (excludes halogenated alkanes) is 1. The Morgan fingerprint density at radius 3 is 2.70 bits per heavy atom. The smallest absolute Gasteiger partial charge is 0.0923 e. The molecule has 0 amide bonds. The van der Waals surface area contributed by atoms with Gasteiger partial charge in [0.2, 0.25) is 0 Å². The largest absolute Gasteiger partial charge is 0.516 e. The summed E-state index contributed by atoms with van der Waals surface area (Å²) < 4.78 is 0. The summed E-state index contributed by atoms with van der Waals surface area (Å²) in [4.78, 5) is 0. The Balaban J connectivity index is 3.49. The van der Waals surface area contributed by atoms with Crippen LogP contribution in [0.25, 0.3) is 0 Å². The minimum Gasteiger partial charge on any atom is -0.516 e. The standard InChI is InChI=1S/C8H14O2/c1-2-3-5-8(10)6-4-7-9/h4,6-7,9-10H,2-3,5H2,1H3. The third-order valence-corrected chi connectivity index (χ3v) is 1.16. The minimum atomic E-state index is 0.326. The van der Waals surface area contributed by atoms with Gasteiger partial charge in [0.05, 0.1) is 12.0 Å². The molecule has 0 radical (unpaired) electrons. The number of rotatable bonds is 4. The summed E-state index contributed by atoms with van der Waals surface area (Å²) in [5.74, 6) is 0.326. The number of allylic oxidation sites excluding steroid dienone is 3. The van der Waals surface area contributed by atoms with Crippen LogP contribution in [0.2, 0.25) is 0 Å². The molecule has 0 aromatic carbocycles. The Morgan fingerprint density at radius 2 is 2.20 bits per heavy atom. The van der Waals surface area contributed by atoms with E-state index in [1.54, 1.807) is 0 Å². The van der Waals surface area contributed by atoms with Crippen LogP contribution in [0.4, 0.5) is 0 Å². The van der Waals surface area contributed by atoms with Crippen molar-refractivity contribution in [2.45, 2.75) is 26.2 Å². The minimum absolute atomic E-state index is 0.326. The maximum Gasteiger partial charge on any atom is 0.0923 e. The molecule has 2 heteroatoms. The SMILES string of the molecule is CCCCC(O)=CC=CO. The van der Waals surface area contributed by atoms with Crippen LogP contribution >= 0.6 is 0 Å². The first-order chi connectivity index (χ1) is 4.81. The van der Waals surface area contributed by atoms with Crippen LogP contribution in [-0.4, -0.2) is 10.2 Å². The molecular formula is C8H14O2. The van der Waals surface area contributed by atoms with E-state index in [4.69, 9.17) is 10.2 Å². The third-order valence-electron chi connectivity index (χ3n) is 1.16. The van der Waals surface area contributed by atoms with Gasteiger partial charge in [-0.2, -0.15) is 0 Å². The maximum absolute atomic E-state index is 9.01. The van der Waals surface area contributed by atoms with Gasteiger partial charge >= 0.3 is 0 Å². The second-order valence-corrected chi connectivity index (χ2v) is 2.10. The zero-order chi connectivity index (χ0) is 7.82. The molecule has 2 nitrogen and oxygen atoms in total. The number of aliphatic hydroxyl groups excluding tert-OH is 2. The molecule has 0 aromatic rings. The van der Waals surface area contributed by atoms with Crippen molar-refractivity contribution in [3.8, 4) is 0 Å². The van der Waals surface area contributed by atoms with E-state index in [9.17, 15) is 0 Å². The average Bonchev–Trinajstić information content (AvgIpc) is 1.97. The summed E-state index contributed by atoms with van der Waals surface area (Å²) in [5.41, 5.74) is 0. The highest BCUT2D eigenvalue weighted by molar-refractivity contribution is 5.03. The van der Waals surface area contributed by atoms with Gasteiger partial charge in [-0.15, -0.1) is 0 Å². The van der Waals surface area contributed by atoms with Gasteiger partial charge in [0.15, 0.2) is 0 Å². The quantitative estimate of drug-likeness (QED) is 0.468. The van der Waals surface area contributed by atoms with Crippen LogP contribution in [-0.2, 0) is 0 Å². The first-order valence-corrected chi connectivity index (χ1v) is 3.50. The Kier molecular flexibility index (Phi) is 5.63. The van der Waals surface area contributed by atoms with Crippen LogP contribution in [0.3, 0.4) is 0 Å². The summed E-state index contributed by atoms with van der Waals surface area (Å²) >= 11 is 0. The summed E-state index contributed by atoms with van der Waals surface area (Å²) in [5, 5.41) is 17.2. The van der Waals surface area contributed by atoms with Crippen molar-refractivity contribution in [2.75, 3.05) is 0 Å². The van der Waals surface area contributed by atoms with Gasteiger partial charge in [0.1, 0.15) is 0 Å². The van der Waals surface area contributed by atoms with E-state index in [2.05, 4.69) is 6.92 Å². The lowest BCUT2D eigenvalue weighted by atomic mass is 10.2. The monoisotopic (exact) mass is 142 g/mol. The van der Waals surface area contributed by atoms with Crippen molar-refractivity contribution in [1.82, 2.24) is 0 Å².